The zero-order valence-electron chi connectivity index (χ0n) is 19.3. The number of rotatable bonds is 8. The highest BCUT2D eigenvalue weighted by Gasteiger charge is 2.30. The van der Waals surface area contributed by atoms with Gasteiger partial charge in [-0.15, -0.1) is 0 Å². The van der Waals surface area contributed by atoms with Crippen LogP contribution in [0.5, 0.6) is 5.75 Å². The van der Waals surface area contributed by atoms with Gasteiger partial charge in [-0.05, 0) is 40.2 Å². The van der Waals surface area contributed by atoms with E-state index >= 15 is 0 Å². The van der Waals surface area contributed by atoms with Crippen LogP contribution in [0.25, 0.3) is 22.8 Å². The van der Waals surface area contributed by atoms with E-state index in [0.717, 1.165) is 46.0 Å². The molecule has 17 nitrogen and oxygen atoms in total. The molecule has 0 amide bonds. The van der Waals surface area contributed by atoms with Crippen LogP contribution in [0.4, 0.5) is 11.4 Å². The standard InChI is InChI=1S/C20H14N6O11S2/c1-37-18-10-14(26(29)30)6-9-17(18)24-22-20(21-23(24)12-2-4-13(5-3-12)25(27)28)16-8-7-15(38(31,32)33)11-19(16)39(34,35)36/h2-11H,1H3,(H-,31,32,33,34,35,36)/p-1. The van der Waals surface area contributed by atoms with Gasteiger partial charge in [-0.2, -0.15) is 0 Å². The van der Waals surface area contributed by atoms with Crippen molar-refractivity contribution in [3.8, 4) is 28.5 Å². The molecule has 0 aliphatic rings. The molecule has 0 atom stereocenters. The quantitative estimate of drug-likeness (QED) is 0.122. The lowest BCUT2D eigenvalue weighted by Gasteiger charge is -2.13. The smallest absolute Gasteiger partial charge is 0.341 e. The van der Waals surface area contributed by atoms with Crippen LogP contribution in [0.15, 0.2) is 70.5 Å². The van der Waals surface area contributed by atoms with Crippen LogP contribution in [0.1, 0.15) is 0 Å². The van der Waals surface area contributed by atoms with E-state index in [1.54, 1.807) is 0 Å². The summed E-state index contributed by atoms with van der Waals surface area (Å²) in [5, 5.41) is 30.6. The van der Waals surface area contributed by atoms with Gasteiger partial charge in [-0.25, -0.2) is 16.8 Å². The number of tetrazole rings is 1. The molecule has 4 aromatic rings. The normalized spacial score (nSPS) is 11.8. The second-order valence-electron chi connectivity index (χ2n) is 7.56. The number of aromatic nitrogens is 4. The first-order valence-corrected chi connectivity index (χ1v) is 13.1. The van der Waals surface area contributed by atoms with E-state index in [1.807, 2.05) is 0 Å². The fraction of sp³-hybridized carbons (Fsp3) is 0.0500. The number of hydrogen-bond acceptors (Lipinski definition) is 13. The van der Waals surface area contributed by atoms with Gasteiger partial charge in [-0.1, -0.05) is 0 Å². The average molecular weight is 577 g/mol. The van der Waals surface area contributed by atoms with Gasteiger partial charge < -0.3 is 13.8 Å². The largest absolute Gasteiger partial charge is 0.744 e. The van der Waals surface area contributed by atoms with Crippen LogP contribution < -0.4 is 9.53 Å². The molecule has 0 spiro atoms. The average Bonchev–Trinajstić information content (AvgIpc) is 3.32. The lowest BCUT2D eigenvalue weighted by atomic mass is 10.2. The first kappa shape index (κ1) is 27.2. The molecule has 0 saturated carbocycles. The molecule has 0 bridgehead atoms. The minimum Gasteiger partial charge on any atom is -0.744 e. The molecule has 0 fully saturated rings. The van der Waals surface area contributed by atoms with Gasteiger partial charge in [0.15, 0.2) is 5.75 Å². The van der Waals surface area contributed by atoms with Crippen molar-refractivity contribution in [3.05, 3.63) is 80.9 Å². The Morgan fingerprint density at radius 2 is 1.46 bits per heavy atom. The number of hydrogen-bond donors (Lipinski definition) is 0. The van der Waals surface area contributed by atoms with Gasteiger partial charge in [0.25, 0.3) is 11.4 Å². The molecule has 0 aliphatic heterocycles. The zero-order valence-corrected chi connectivity index (χ0v) is 20.9. The van der Waals surface area contributed by atoms with Crippen LogP contribution in [0, 0.1) is 20.2 Å². The fourth-order valence-electron chi connectivity index (χ4n) is 3.42. The maximum atomic E-state index is 12.0. The number of methoxy groups -OCH3 is 1. The van der Waals surface area contributed by atoms with E-state index in [9.17, 15) is 46.2 Å². The summed E-state index contributed by atoms with van der Waals surface area (Å²) in [6.07, 6.45) is 0. The molecule has 0 radical (unpaired) electrons. The number of nitrogens with zero attached hydrogens (tertiary/aromatic N) is 6. The van der Waals surface area contributed by atoms with Gasteiger partial charge >= 0.3 is 5.82 Å². The third-order valence-electron chi connectivity index (χ3n) is 5.19. The first-order valence-electron chi connectivity index (χ1n) is 10.2. The van der Waals surface area contributed by atoms with E-state index in [0.29, 0.717) is 6.07 Å². The van der Waals surface area contributed by atoms with E-state index in [2.05, 4.69) is 10.2 Å². The van der Waals surface area contributed by atoms with Gasteiger partial charge in [0.2, 0.25) is 5.69 Å². The highest BCUT2D eigenvalue weighted by Crippen LogP contribution is 2.29. The predicted molar refractivity (Wildman–Crippen MR) is 124 cm³/mol. The van der Waals surface area contributed by atoms with Crippen molar-refractivity contribution in [2.45, 2.75) is 9.79 Å². The summed E-state index contributed by atoms with van der Waals surface area (Å²) in [4.78, 5) is 20.9. The number of benzene rings is 3. The summed E-state index contributed by atoms with van der Waals surface area (Å²) >= 11 is 0. The highest BCUT2D eigenvalue weighted by molar-refractivity contribution is 7.86. The van der Waals surface area contributed by atoms with Crippen molar-refractivity contribution in [1.29, 1.82) is 0 Å². The third-order valence-corrected chi connectivity index (χ3v) is 6.90. The van der Waals surface area contributed by atoms with E-state index in [1.165, 1.54) is 25.3 Å². The molecule has 202 valence electrons. The summed E-state index contributed by atoms with van der Waals surface area (Å²) < 4.78 is 75.4. The van der Waals surface area contributed by atoms with Gasteiger partial charge in [0.05, 0.1) is 43.5 Å². The zero-order chi connectivity index (χ0) is 28.7. The molecule has 0 unspecified atom stereocenters. The Hall–Kier alpha value is -4.85. The van der Waals surface area contributed by atoms with Crippen molar-refractivity contribution in [3.63, 3.8) is 0 Å². The monoisotopic (exact) mass is 577 g/mol. The summed E-state index contributed by atoms with van der Waals surface area (Å²) in [7, 11) is -9.29. The number of nitro benzene ring substituents is 2. The second kappa shape index (κ2) is 9.79. The Kier molecular flexibility index (Phi) is 6.83. The molecule has 4 rings (SSSR count). The van der Waals surface area contributed by atoms with Gasteiger partial charge in [0, 0.05) is 29.1 Å². The van der Waals surface area contributed by atoms with Crippen LogP contribution in [0.3, 0.4) is 0 Å². The highest BCUT2D eigenvalue weighted by atomic mass is 32.2. The molecule has 0 saturated heterocycles. The molecule has 0 aliphatic carbocycles. The van der Waals surface area contributed by atoms with Crippen molar-refractivity contribution < 1.29 is 45.3 Å². The second-order valence-corrected chi connectivity index (χ2v) is 10.3. The van der Waals surface area contributed by atoms with Crippen LogP contribution >= 0.6 is 0 Å². The van der Waals surface area contributed by atoms with Crippen molar-refractivity contribution >= 4 is 31.6 Å². The number of ether oxygens (including phenoxy) is 1. The summed E-state index contributed by atoms with van der Waals surface area (Å²) in [6.45, 7) is 0. The molecule has 1 heterocycles. The topological polar surface area (TPSA) is 244 Å². The third kappa shape index (κ3) is 5.40. The minimum absolute atomic E-state index is 0.0329. The summed E-state index contributed by atoms with van der Waals surface area (Å²) in [6, 6.07) is 10.2. The maximum absolute atomic E-state index is 12.0. The maximum Gasteiger partial charge on any atom is 0.341 e. The van der Waals surface area contributed by atoms with E-state index in [4.69, 9.17) is 4.74 Å². The molecule has 0 N–H and O–H groups in total. The van der Waals surface area contributed by atoms with Crippen LogP contribution in [-0.2, 0) is 20.2 Å². The SMILES string of the molecule is COc1cc([N+](=O)[O-])ccc1-[n+]1nc(-c2ccc(S(=O)(=O)[O-])cc2S(=O)(=O)[O-])nn1-c1ccc([N+](=O)[O-])cc1. The molecular formula is C20H13N6O11S2-. The number of nitro groups is 2. The van der Waals surface area contributed by atoms with Crippen molar-refractivity contribution in [2.75, 3.05) is 7.11 Å². The molecule has 19 heteroatoms. The summed E-state index contributed by atoms with van der Waals surface area (Å²) in [5.41, 5.74) is -0.928. The van der Waals surface area contributed by atoms with Crippen molar-refractivity contribution in [1.82, 2.24) is 15.0 Å². The van der Waals surface area contributed by atoms with Crippen LogP contribution in [0.2, 0.25) is 0 Å². The molecular weight excluding hydrogens is 564 g/mol. The Morgan fingerprint density at radius 1 is 0.846 bits per heavy atom. The van der Waals surface area contributed by atoms with Crippen molar-refractivity contribution in [2.24, 2.45) is 0 Å². The molecule has 39 heavy (non-hydrogen) atoms. The van der Waals surface area contributed by atoms with E-state index < -0.39 is 51.3 Å². The Labute approximate surface area is 218 Å². The fourth-order valence-corrected chi connectivity index (χ4v) is 4.69. The number of non-ortho nitro benzene ring substituents is 2. The summed E-state index contributed by atoms with van der Waals surface area (Å²) in [5.74, 6) is -0.543. The Bertz CT molecular complexity index is 1850. The Balaban J connectivity index is 2.03. The lowest BCUT2D eigenvalue weighted by Crippen LogP contribution is -2.43. The molecule has 3 aromatic carbocycles. The minimum atomic E-state index is -5.37. The predicted octanol–water partition coefficient (Wildman–Crippen LogP) is 0.844. The molecule has 1 aromatic heterocycles. The first-order chi connectivity index (χ1) is 18.2. The van der Waals surface area contributed by atoms with Gasteiger partial charge in [0.1, 0.15) is 25.9 Å². The van der Waals surface area contributed by atoms with Crippen LogP contribution in [-0.4, -0.2) is 57.9 Å². The Morgan fingerprint density at radius 3 is 2.00 bits per heavy atom. The lowest BCUT2D eigenvalue weighted by molar-refractivity contribution is -0.734. The van der Waals surface area contributed by atoms with E-state index in [-0.39, 0.29) is 28.5 Å². The van der Waals surface area contributed by atoms with Gasteiger partial charge in [-0.3, -0.25) is 20.2 Å².